The van der Waals surface area contributed by atoms with Crippen molar-refractivity contribution in [2.24, 2.45) is 5.92 Å². The van der Waals surface area contributed by atoms with Crippen LogP contribution in [0.3, 0.4) is 0 Å². The third kappa shape index (κ3) is 4.52. The number of aliphatic hydroxyl groups excluding tert-OH is 1. The van der Waals surface area contributed by atoms with Crippen molar-refractivity contribution >= 4 is 0 Å². The highest BCUT2D eigenvalue weighted by atomic mass is 16.3. The summed E-state index contributed by atoms with van der Waals surface area (Å²) in [5, 5.41) is 12.7. The number of aliphatic hydroxyl groups is 1. The smallest absolute Gasteiger partial charge is 0.0582 e. The van der Waals surface area contributed by atoms with Crippen molar-refractivity contribution in [3.8, 4) is 0 Å². The highest BCUT2D eigenvalue weighted by Crippen LogP contribution is 2.28. The Morgan fingerprint density at radius 2 is 1.93 bits per heavy atom. The second-order valence-corrected chi connectivity index (χ2v) is 5.04. The summed E-state index contributed by atoms with van der Waals surface area (Å²) in [5.41, 5.74) is 0. The Morgan fingerprint density at radius 3 is 2.47 bits per heavy atom. The van der Waals surface area contributed by atoms with E-state index in [-0.39, 0.29) is 12.6 Å². The van der Waals surface area contributed by atoms with Gasteiger partial charge in [-0.3, -0.25) is 0 Å². The van der Waals surface area contributed by atoms with E-state index >= 15 is 0 Å². The average molecular weight is 213 g/mol. The second-order valence-electron chi connectivity index (χ2n) is 5.04. The van der Waals surface area contributed by atoms with Crippen molar-refractivity contribution in [3.05, 3.63) is 0 Å². The summed E-state index contributed by atoms with van der Waals surface area (Å²) in [5.74, 6) is 0.854. The molecule has 0 aromatic rings. The highest BCUT2D eigenvalue weighted by molar-refractivity contribution is 4.81. The van der Waals surface area contributed by atoms with Crippen LogP contribution in [0.15, 0.2) is 0 Å². The van der Waals surface area contributed by atoms with Crippen LogP contribution < -0.4 is 5.32 Å². The lowest BCUT2D eigenvalue weighted by Gasteiger charge is -2.32. The van der Waals surface area contributed by atoms with E-state index in [2.05, 4.69) is 19.2 Å². The Hall–Kier alpha value is -0.0800. The molecule has 0 aromatic heterocycles. The molecule has 15 heavy (non-hydrogen) atoms. The molecule has 0 aromatic carbocycles. The normalized spacial score (nSPS) is 22.6. The molecular weight excluding hydrogens is 186 g/mol. The standard InChI is InChI=1S/C13H27NO/c1-3-7-13(14-11(2)10-15)12-8-5-4-6-9-12/h11-15H,3-10H2,1-2H3/t11-,13?/m1/s1. The van der Waals surface area contributed by atoms with Gasteiger partial charge in [0.05, 0.1) is 6.61 Å². The van der Waals surface area contributed by atoms with Crippen LogP contribution in [-0.4, -0.2) is 23.8 Å². The lowest BCUT2D eigenvalue weighted by Crippen LogP contribution is -2.43. The van der Waals surface area contributed by atoms with Crippen LogP contribution in [0.25, 0.3) is 0 Å². The quantitative estimate of drug-likeness (QED) is 0.711. The Morgan fingerprint density at radius 1 is 1.27 bits per heavy atom. The molecule has 1 fully saturated rings. The van der Waals surface area contributed by atoms with Crippen molar-refractivity contribution in [2.75, 3.05) is 6.61 Å². The summed E-state index contributed by atoms with van der Waals surface area (Å²) in [6, 6.07) is 0.890. The summed E-state index contributed by atoms with van der Waals surface area (Å²) in [6.07, 6.45) is 9.50. The van der Waals surface area contributed by atoms with Crippen LogP contribution in [0.4, 0.5) is 0 Å². The van der Waals surface area contributed by atoms with Gasteiger partial charge in [-0.15, -0.1) is 0 Å². The summed E-state index contributed by atoms with van der Waals surface area (Å²) >= 11 is 0. The largest absolute Gasteiger partial charge is 0.395 e. The van der Waals surface area contributed by atoms with E-state index < -0.39 is 0 Å². The maximum atomic E-state index is 9.09. The predicted octanol–water partition coefficient (Wildman–Crippen LogP) is 2.71. The first-order chi connectivity index (χ1) is 7.27. The molecule has 2 heteroatoms. The Balaban J connectivity index is 2.39. The summed E-state index contributed by atoms with van der Waals surface area (Å²) < 4.78 is 0. The van der Waals surface area contributed by atoms with E-state index in [1.807, 2.05) is 0 Å². The first-order valence-electron chi connectivity index (χ1n) is 6.64. The minimum atomic E-state index is 0.253. The summed E-state index contributed by atoms with van der Waals surface area (Å²) in [4.78, 5) is 0. The molecule has 2 N–H and O–H groups in total. The van der Waals surface area contributed by atoms with Gasteiger partial charge in [0.15, 0.2) is 0 Å². The Bertz CT molecular complexity index is 155. The maximum absolute atomic E-state index is 9.09. The zero-order valence-corrected chi connectivity index (χ0v) is 10.3. The van der Waals surface area contributed by atoms with Crippen molar-refractivity contribution in [2.45, 2.75) is 70.9 Å². The zero-order valence-electron chi connectivity index (χ0n) is 10.3. The molecule has 0 spiro atoms. The molecule has 1 unspecified atom stereocenters. The van der Waals surface area contributed by atoms with Crippen molar-refractivity contribution < 1.29 is 5.11 Å². The van der Waals surface area contributed by atoms with Crippen LogP contribution in [0.5, 0.6) is 0 Å². The molecule has 1 rings (SSSR count). The van der Waals surface area contributed by atoms with E-state index in [0.29, 0.717) is 6.04 Å². The molecule has 2 nitrogen and oxygen atoms in total. The van der Waals surface area contributed by atoms with Gasteiger partial charge < -0.3 is 10.4 Å². The van der Waals surface area contributed by atoms with Gasteiger partial charge in [-0.2, -0.15) is 0 Å². The Kier molecular flexibility index (Phi) is 6.26. The van der Waals surface area contributed by atoms with Crippen LogP contribution in [0.2, 0.25) is 0 Å². The minimum absolute atomic E-state index is 0.253. The number of hydrogen-bond donors (Lipinski definition) is 2. The molecule has 1 saturated carbocycles. The number of hydrogen-bond acceptors (Lipinski definition) is 2. The van der Waals surface area contributed by atoms with Gasteiger partial charge in [-0.1, -0.05) is 32.6 Å². The predicted molar refractivity (Wildman–Crippen MR) is 65.0 cm³/mol. The van der Waals surface area contributed by atoms with E-state index in [4.69, 9.17) is 5.11 Å². The van der Waals surface area contributed by atoms with Gasteiger partial charge in [0.1, 0.15) is 0 Å². The molecule has 0 bridgehead atoms. The van der Waals surface area contributed by atoms with E-state index in [9.17, 15) is 0 Å². The van der Waals surface area contributed by atoms with Gasteiger partial charge >= 0.3 is 0 Å². The fourth-order valence-electron chi connectivity index (χ4n) is 2.72. The fourth-order valence-corrected chi connectivity index (χ4v) is 2.72. The number of rotatable bonds is 6. The van der Waals surface area contributed by atoms with Crippen LogP contribution in [0, 0.1) is 5.92 Å². The average Bonchev–Trinajstić information content (AvgIpc) is 2.29. The molecule has 0 aliphatic heterocycles. The third-order valence-electron chi connectivity index (χ3n) is 3.59. The third-order valence-corrected chi connectivity index (χ3v) is 3.59. The molecular formula is C13H27NO. The first-order valence-corrected chi connectivity index (χ1v) is 6.64. The zero-order chi connectivity index (χ0) is 11.1. The van der Waals surface area contributed by atoms with Crippen LogP contribution in [-0.2, 0) is 0 Å². The summed E-state index contributed by atoms with van der Waals surface area (Å²) in [7, 11) is 0. The van der Waals surface area contributed by atoms with E-state index in [1.165, 1.54) is 44.9 Å². The van der Waals surface area contributed by atoms with Gasteiger partial charge in [0, 0.05) is 12.1 Å². The van der Waals surface area contributed by atoms with Crippen LogP contribution in [0.1, 0.15) is 58.8 Å². The lowest BCUT2D eigenvalue weighted by atomic mass is 9.82. The summed E-state index contributed by atoms with van der Waals surface area (Å²) in [6.45, 7) is 4.58. The first kappa shape index (κ1) is 13.0. The SMILES string of the molecule is CCCC(N[C@H](C)CO)C1CCCCC1. The molecule has 2 atom stereocenters. The molecule has 1 aliphatic rings. The van der Waals surface area contributed by atoms with Gasteiger partial charge in [-0.25, -0.2) is 0 Å². The van der Waals surface area contributed by atoms with Crippen molar-refractivity contribution in [1.82, 2.24) is 5.32 Å². The minimum Gasteiger partial charge on any atom is -0.395 e. The van der Waals surface area contributed by atoms with E-state index in [0.717, 1.165) is 5.92 Å². The van der Waals surface area contributed by atoms with Gasteiger partial charge in [0.2, 0.25) is 0 Å². The van der Waals surface area contributed by atoms with Crippen molar-refractivity contribution in [3.63, 3.8) is 0 Å². The monoisotopic (exact) mass is 213 g/mol. The number of nitrogens with one attached hydrogen (secondary N) is 1. The highest BCUT2D eigenvalue weighted by Gasteiger charge is 2.23. The lowest BCUT2D eigenvalue weighted by molar-refractivity contribution is 0.197. The van der Waals surface area contributed by atoms with Gasteiger partial charge in [-0.05, 0) is 32.1 Å². The molecule has 0 amide bonds. The fraction of sp³-hybridized carbons (Fsp3) is 1.00. The maximum Gasteiger partial charge on any atom is 0.0582 e. The van der Waals surface area contributed by atoms with Gasteiger partial charge in [0.25, 0.3) is 0 Å². The second kappa shape index (κ2) is 7.24. The van der Waals surface area contributed by atoms with E-state index in [1.54, 1.807) is 0 Å². The Labute approximate surface area is 94.5 Å². The molecule has 0 saturated heterocycles. The molecule has 90 valence electrons. The molecule has 0 radical (unpaired) electrons. The van der Waals surface area contributed by atoms with Crippen molar-refractivity contribution in [1.29, 1.82) is 0 Å². The topological polar surface area (TPSA) is 32.3 Å². The molecule has 0 heterocycles. The molecule has 1 aliphatic carbocycles. The van der Waals surface area contributed by atoms with Crippen LogP contribution >= 0.6 is 0 Å².